The molecular weight excluding hydrogens is 300 g/mol. The fourth-order valence-corrected chi connectivity index (χ4v) is 2.43. The van der Waals surface area contributed by atoms with E-state index < -0.39 is 12.1 Å². The number of rotatable bonds is 3. The summed E-state index contributed by atoms with van der Waals surface area (Å²) < 4.78 is 5.43. The number of fused-ring (bicyclic) bond motifs is 1. The van der Waals surface area contributed by atoms with Gasteiger partial charge in [0.15, 0.2) is 5.69 Å². The minimum atomic E-state index is -0.523. The summed E-state index contributed by atoms with van der Waals surface area (Å²) >= 11 is 6.11. The normalized spacial score (nSPS) is 12.1. The highest BCUT2D eigenvalue weighted by atomic mass is 35.5. The Bertz CT molecular complexity index is 836. The fraction of sp³-hybridized carbons (Fsp3) is 0.118. The molecule has 1 heterocycles. The zero-order valence-electron chi connectivity index (χ0n) is 11.9. The molecule has 5 heteroatoms. The number of hydrogen-bond donors (Lipinski definition) is 0. The van der Waals surface area contributed by atoms with Crippen LogP contribution in [-0.2, 0) is 4.74 Å². The van der Waals surface area contributed by atoms with Crippen LogP contribution in [0, 0.1) is 0 Å². The summed E-state index contributed by atoms with van der Waals surface area (Å²) in [6, 6.07) is 14.6. The van der Waals surface area contributed by atoms with Crippen LogP contribution in [0.4, 0.5) is 0 Å². The maximum Gasteiger partial charge on any atom is 0.359 e. The Labute approximate surface area is 132 Å². The summed E-state index contributed by atoms with van der Waals surface area (Å²) in [4.78, 5) is 20.7. The van der Waals surface area contributed by atoms with Crippen LogP contribution in [0.2, 0.25) is 5.02 Å². The van der Waals surface area contributed by atoms with Gasteiger partial charge in [0.25, 0.3) is 0 Å². The van der Waals surface area contributed by atoms with Gasteiger partial charge in [-0.1, -0.05) is 41.9 Å². The van der Waals surface area contributed by atoms with Crippen LogP contribution in [0.15, 0.2) is 54.7 Å². The van der Waals surface area contributed by atoms with Crippen LogP contribution < -0.4 is 0 Å². The van der Waals surface area contributed by atoms with Gasteiger partial charge in [-0.3, -0.25) is 4.98 Å². The van der Waals surface area contributed by atoms with Crippen molar-refractivity contribution in [3.63, 3.8) is 0 Å². The standard InChI is InChI=1S/C17H13ClN2O2/c1-11(12-6-2-3-7-13(12)18)22-17(21)16-10-19-14-8-4-5-9-15(14)20-16/h2-11H,1H3/t11-/m1/s1. The van der Waals surface area contributed by atoms with E-state index >= 15 is 0 Å². The van der Waals surface area contributed by atoms with E-state index in [-0.39, 0.29) is 5.69 Å². The first-order chi connectivity index (χ1) is 10.6. The molecule has 1 atom stereocenters. The number of aromatic nitrogens is 2. The summed E-state index contributed by atoms with van der Waals surface area (Å²) in [5.74, 6) is -0.523. The molecule has 0 saturated carbocycles. The highest BCUT2D eigenvalue weighted by Gasteiger charge is 2.17. The van der Waals surface area contributed by atoms with Gasteiger partial charge >= 0.3 is 5.97 Å². The third-order valence-corrected chi connectivity index (χ3v) is 3.63. The van der Waals surface area contributed by atoms with Gasteiger partial charge < -0.3 is 4.74 Å². The Morgan fingerprint density at radius 1 is 1.09 bits per heavy atom. The molecule has 0 aliphatic heterocycles. The van der Waals surface area contributed by atoms with Crippen LogP contribution in [0.5, 0.6) is 0 Å². The Kier molecular flexibility index (Phi) is 4.02. The second-order valence-electron chi connectivity index (χ2n) is 4.81. The summed E-state index contributed by atoms with van der Waals surface area (Å²) in [6.07, 6.45) is 0.957. The first kappa shape index (κ1) is 14.5. The van der Waals surface area contributed by atoms with Gasteiger partial charge in [-0.25, -0.2) is 9.78 Å². The van der Waals surface area contributed by atoms with E-state index in [1.165, 1.54) is 6.20 Å². The lowest BCUT2D eigenvalue weighted by atomic mass is 10.1. The number of esters is 1. The highest BCUT2D eigenvalue weighted by Crippen LogP contribution is 2.25. The van der Waals surface area contributed by atoms with E-state index in [0.29, 0.717) is 10.5 Å². The van der Waals surface area contributed by atoms with Gasteiger partial charge in [0.1, 0.15) is 6.10 Å². The first-order valence-corrected chi connectivity index (χ1v) is 7.20. The molecule has 0 aliphatic carbocycles. The summed E-state index contributed by atoms with van der Waals surface area (Å²) in [7, 11) is 0. The van der Waals surface area contributed by atoms with Crippen LogP contribution in [0.1, 0.15) is 29.1 Å². The maximum atomic E-state index is 12.2. The van der Waals surface area contributed by atoms with Gasteiger partial charge in [-0.05, 0) is 25.1 Å². The largest absolute Gasteiger partial charge is 0.453 e. The van der Waals surface area contributed by atoms with Gasteiger partial charge in [-0.2, -0.15) is 0 Å². The number of benzene rings is 2. The molecule has 110 valence electrons. The molecule has 1 aromatic heterocycles. The van der Waals surface area contributed by atoms with Gasteiger partial charge in [0, 0.05) is 10.6 Å². The quantitative estimate of drug-likeness (QED) is 0.680. The van der Waals surface area contributed by atoms with Crippen molar-refractivity contribution >= 4 is 28.6 Å². The smallest absolute Gasteiger partial charge is 0.359 e. The average molecular weight is 313 g/mol. The minimum absolute atomic E-state index is 0.178. The van der Waals surface area contributed by atoms with Crippen LogP contribution in [0.25, 0.3) is 11.0 Å². The van der Waals surface area contributed by atoms with E-state index in [2.05, 4.69) is 9.97 Å². The van der Waals surface area contributed by atoms with E-state index in [1.807, 2.05) is 36.4 Å². The Hall–Kier alpha value is -2.46. The Balaban J connectivity index is 1.82. The van der Waals surface area contributed by atoms with Crippen molar-refractivity contribution in [2.75, 3.05) is 0 Å². The summed E-state index contributed by atoms with van der Waals surface area (Å²) in [6.45, 7) is 1.77. The van der Waals surface area contributed by atoms with E-state index in [4.69, 9.17) is 16.3 Å². The molecule has 2 aromatic carbocycles. The second-order valence-corrected chi connectivity index (χ2v) is 5.22. The molecule has 22 heavy (non-hydrogen) atoms. The number of carbonyl (C=O) groups excluding carboxylic acids is 1. The van der Waals surface area contributed by atoms with E-state index in [1.54, 1.807) is 19.1 Å². The Morgan fingerprint density at radius 3 is 2.55 bits per heavy atom. The van der Waals surface area contributed by atoms with Crippen molar-refractivity contribution in [3.05, 3.63) is 71.0 Å². The molecule has 3 aromatic rings. The number of hydrogen-bond acceptors (Lipinski definition) is 4. The first-order valence-electron chi connectivity index (χ1n) is 6.82. The van der Waals surface area contributed by atoms with Crippen molar-refractivity contribution in [1.82, 2.24) is 9.97 Å². The summed E-state index contributed by atoms with van der Waals surface area (Å²) in [5.41, 5.74) is 2.32. The topological polar surface area (TPSA) is 52.1 Å². The molecule has 0 radical (unpaired) electrons. The molecular formula is C17H13ClN2O2. The zero-order chi connectivity index (χ0) is 15.5. The van der Waals surface area contributed by atoms with Gasteiger partial charge in [0.2, 0.25) is 0 Å². The second kappa shape index (κ2) is 6.12. The zero-order valence-corrected chi connectivity index (χ0v) is 12.6. The lowest BCUT2D eigenvalue weighted by molar-refractivity contribution is 0.0331. The van der Waals surface area contributed by atoms with Crippen LogP contribution >= 0.6 is 11.6 Å². The maximum absolute atomic E-state index is 12.2. The lowest BCUT2D eigenvalue weighted by Crippen LogP contribution is -2.11. The number of ether oxygens (including phenoxy) is 1. The molecule has 4 nitrogen and oxygen atoms in total. The van der Waals surface area contributed by atoms with Gasteiger partial charge in [-0.15, -0.1) is 0 Å². The molecule has 0 N–H and O–H groups in total. The van der Waals surface area contributed by atoms with E-state index in [0.717, 1.165) is 11.1 Å². The van der Waals surface area contributed by atoms with Crippen molar-refractivity contribution in [2.24, 2.45) is 0 Å². The number of para-hydroxylation sites is 2. The predicted octanol–water partition coefficient (Wildman–Crippen LogP) is 4.20. The van der Waals surface area contributed by atoms with Gasteiger partial charge in [0.05, 0.1) is 17.2 Å². The molecule has 0 aliphatic rings. The number of halogens is 1. The molecule has 0 fully saturated rings. The molecule has 3 rings (SSSR count). The molecule has 0 spiro atoms. The average Bonchev–Trinajstić information content (AvgIpc) is 2.54. The van der Waals surface area contributed by atoms with Crippen molar-refractivity contribution in [2.45, 2.75) is 13.0 Å². The highest BCUT2D eigenvalue weighted by molar-refractivity contribution is 6.31. The lowest BCUT2D eigenvalue weighted by Gasteiger charge is -2.14. The minimum Gasteiger partial charge on any atom is -0.453 e. The number of nitrogens with zero attached hydrogens (tertiary/aromatic N) is 2. The predicted molar refractivity (Wildman–Crippen MR) is 84.8 cm³/mol. The summed E-state index contributed by atoms with van der Waals surface area (Å²) in [5, 5.41) is 0.562. The van der Waals surface area contributed by atoms with Crippen molar-refractivity contribution in [1.29, 1.82) is 0 Å². The molecule has 0 saturated heterocycles. The monoisotopic (exact) mass is 312 g/mol. The van der Waals surface area contributed by atoms with Crippen LogP contribution in [0.3, 0.4) is 0 Å². The Morgan fingerprint density at radius 2 is 1.77 bits per heavy atom. The van der Waals surface area contributed by atoms with E-state index in [9.17, 15) is 4.79 Å². The number of carbonyl (C=O) groups is 1. The van der Waals surface area contributed by atoms with Crippen LogP contribution in [-0.4, -0.2) is 15.9 Å². The third-order valence-electron chi connectivity index (χ3n) is 3.28. The molecule has 0 amide bonds. The van der Waals surface area contributed by atoms with Crippen molar-refractivity contribution in [3.8, 4) is 0 Å². The third kappa shape index (κ3) is 2.92. The van der Waals surface area contributed by atoms with Crippen molar-refractivity contribution < 1.29 is 9.53 Å². The molecule has 0 bridgehead atoms. The molecule has 0 unspecified atom stereocenters. The SMILES string of the molecule is C[C@@H](OC(=O)c1cnc2ccccc2n1)c1ccccc1Cl. The fourth-order valence-electron chi connectivity index (χ4n) is 2.14.